The average Bonchev–Trinajstić information content (AvgIpc) is 2.61. The van der Waals surface area contributed by atoms with E-state index >= 15 is 0 Å². The number of thioether (sulfide) groups is 1. The van der Waals surface area contributed by atoms with Gasteiger partial charge in [-0.25, -0.2) is 0 Å². The molecular formula is C12H21NS2. The lowest BCUT2D eigenvalue weighted by Gasteiger charge is -2.25. The monoisotopic (exact) mass is 243 g/mol. The van der Waals surface area contributed by atoms with Crippen LogP contribution in [0.15, 0.2) is 11.4 Å². The molecule has 0 spiro atoms. The van der Waals surface area contributed by atoms with Crippen LogP contribution in [0.3, 0.4) is 0 Å². The molecule has 0 aliphatic heterocycles. The lowest BCUT2D eigenvalue weighted by Crippen LogP contribution is -2.33. The Bertz CT molecular complexity index is 304. The van der Waals surface area contributed by atoms with Crippen LogP contribution in [0, 0.1) is 6.92 Å². The minimum Gasteiger partial charge on any atom is -0.308 e. The molecule has 1 rings (SSSR count). The highest BCUT2D eigenvalue weighted by Gasteiger charge is 2.18. The van der Waals surface area contributed by atoms with Gasteiger partial charge in [-0.2, -0.15) is 11.8 Å². The Labute approximate surface area is 102 Å². The Morgan fingerprint density at radius 3 is 2.67 bits per heavy atom. The molecule has 1 aromatic rings. The highest BCUT2D eigenvalue weighted by atomic mass is 32.2. The van der Waals surface area contributed by atoms with Gasteiger partial charge in [0.15, 0.2) is 0 Å². The number of thiophene rings is 1. The van der Waals surface area contributed by atoms with Gasteiger partial charge in [-0.05, 0) is 51.0 Å². The van der Waals surface area contributed by atoms with E-state index in [-0.39, 0.29) is 0 Å². The molecule has 0 saturated carbocycles. The first-order chi connectivity index (χ1) is 6.96. The Balaban J connectivity index is 2.50. The van der Waals surface area contributed by atoms with E-state index in [0.29, 0.717) is 10.8 Å². The summed E-state index contributed by atoms with van der Waals surface area (Å²) in [5, 5.41) is 5.78. The summed E-state index contributed by atoms with van der Waals surface area (Å²) >= 11 is 3.76. The van der Waals surface area contributed by atoms with Crippen molar-refractivity contribution in [2.45, 2.75) is 38.5 Å². The molecule has 1 unspecified atom stereocenters. The van der Waals surface area contributed by atoms with Gasteiger partial charge in [0, 0.05) is 22.2 Å². The maximum Gasteiger partial charge on any atom is 0.0389 e. The zero-order valence-corrected chi connectivity index (χ0v) is 11.9. The van der Waals surface area contributed by atoms with Crippen LogP contribution in [0.1, 0.15) is 37.3 Å². The molecule has 0 aliphatic carbocycles. The molecule has 1 N–H and O–H groups in total. The van der Waals surface area contributed by atoms with Crippen LogP contribution in [0.25, 0.3) is 0 Å². The highest BCUT2D eigenvalue weighted by Crippen LogP contribution is 2.25. The normalized spacial score (nSPS) is 14.2. The summed E-state index contributed by atoms with van der Waals surface area (Å²) in [5.41, 5.74) is 1.40. The van der Waals surface area contributed by atoms with Crippen LogP contribution in [-0.2, 0) is 0 Å². The van der Waals surface area contributed by atoms with E-state index in [1.165, 1.54) is 10.4 Å². The average molecular weight is 243 g/mol. The van der Waals surface area contributed by atoms with Crippen LogP contribution < -0.4 is 5.32 Å². The number of hydrogen-bond donors (Lipinski definition) is 1. The van der Waals surface area contributed by atoms with Crippen LogP contribution in [0.4, 0.5) is 0 Å². The standard InChI is InChI=1S/C12H21NS2/c1-9-6-7-15-11(9)10(2)13-8-12(3,4)14-5/h6-7,10,13H,8H2,1-5H3. The molecule has 0 fully saturated rings. The van der Waals surface area contributed by atoms with E-state index in [0.717, 1.165) is 6.54 Å². The van der Waals surface area contributed by atoms with Gasteiger partial charge in [0.1, 0.15) is 0 Å². The molecule has 0 amide bonds. The fraction of sp³-hybridized carbons (Fsp3) is 0.667. The van der Waals surface area contributed by atoms with Gasteiger partial charge in [0.05, 0.1) is 0 Å². The maximum atomic E-state index is 3.61. The van der Waals surface area contributed by atoms with Gasteiger partial charge in [0.2, 0.25) is 0 Å². The second-order valence-electron chi connectivity index (χ2n) is 4.53. The number of aryl methyl sites for hydroxylation is 1. The van der Waals surface area contributed by atoms with Crippen molar-refractivity contribution in [2.75, 3.05) is 12.8 Å². The van der Waals surface area contributed by atoms with Gasteiger partial charge in [0.25, 0.3) is 0 Å². The van der Waals surface area contributed by atoms with E-state index in [4.69, 9.17) is 0 Å². The third kappa shape index (κ3) is 3.82. The molecule has 1 aromatic heterocycles. The molecule has 1 heterocycles. The summed E-state index contributed by atoms with van der Waals surface area (Å²) in [6.07, 6.45) is 2.17. The number of hydrogen-bond acceptors (Lipinski definition) is 3. The lowest BCUT2D eigenvalue weighted by atomic mass is 10.1. The van der Waals surface area contributed by atoms with Crippen molar-refractivity contribution in [3.05, 3.63) is 21.9 Å². The highest BCUT2D eigenvalue weighted by molar-refractivity contribution is 7.99. The van der Waals surface area contributed by atoms with E-state index in [1.54, 1.807) is 0 Å². The van der Waals surface area contributed by atoms with Crippen molar-refractivity contribution in [2.24, 2.45) is 0 Å². The Morgan fingerprint density at radius 2 is 2.20 bits per heavy atom. The summed E-state index contributed by atoms with van der Waals surface area (Å²) in [5.74, 6) is 0. The summed E-state index contributed by atoms with van der Waals surface area (Å²) in [7, 11) is 0. The van der Waals surface area contributed by atoms with Crippen molar-refractivity contribution < 1.29 is 0 Å². The molecule has 1 nitrogen and oxygen atoms in total. The molecule has 0 aromatic carbocycles. The van der Waals surface area contributed by atoms with Crippen molar-refractivity contribution in [3.8, 4) is 0 Å². The molecule has 0 radical (unpaired) electrons. The fourth-order valence-corrected chi connectivity index (χ4v) is 2.58. The van der Waals surface area contributed by atoms with Crippen molar-refractivity contribution >= 4 is 23.1 Å². The molecule has 1 atom stereocenters. The third-order valence-corrected chi connectivity index (χ3v) is 5.13. The smallest absolute Gasteiger partial charge is 0.0389 e. The Kier molecular flexibility index (Phi) is 4.68. The number of nitrogens with one attached hydrogen (secondary N) is 1. The first-order valence-corrected chi connectivity index (χ1v) is 7.39. The molecule has 0 aliphatic rings. The summed E-state index contributed by atoms with van der Waals surface area (Å²) < 4.78 is 0.319. The molecule has 15 heavy (non-hydrogen) atoms. The molecule has 0 bridgehead atoms. The largest absolute Gasteiger partial charge is 0.308 e. The van der Waals surface area contributed by atoms with Crippen LogP contribution >= 0.6 is 23.1 Å². The number of rotatable bonds is 5. The first-order valence-electron chi connectivity index (χ1n) is 5.29. The SMILES string of the molecule is CSC(C)(C)CNC(C)c1sccc1C. The van der Waals surface area contributed by atoms with Crippen molar-refractivity contribution in [1.82, 2.24) is 5.32 Å². The minimum atomic E-state index is 0.319. The predicted molar refractivity (Wildman–Crippen MR) is 73.1 cm³/mol. The van der Waals surface area contributed by atoms with Crippen LogP contribution in [0.5, 0.6) is 0 Å². The third-order valence-electron chi connectivity index (χ3n) is 2.68. The Hall–Kier alpha value is 0.0100. The molecule has 86 valence electrons. The van der Waals surface area contributed by atoms with E-state index in [1.807, 2.05) is 23.1 Å². The summed E-state index contributed by atoms with van der Waals surface area (Å²) in [4.78, 5) is 1.46. The molecular weight excluding hydrogens is 222 g/mol. The van der Waals surface area contributed by atoms with Crippen LogP contribution in [-0.4, -0.2) is 17.5 Å². The summed E-state index contributed by atoms with van der Waals surface area (Å²) in [6.45, 7) is 10.0. The van der Waals surface area contributed by atoms with E-state index in [9.17, 15) is 0 Å². The van der Waals surface area contributed by atoms with Gasteiger partial charge < -0.3 is 5.32 Å². The van der Waals surface area contributed by atoms with Gasteiger partial charge >= 0.3 is 0 Å². The van der Waals surface area contributed by atoms with Crippen molar-refractivity contribution in [1.29, 1.82) is 0 Å². The second-order valence-corrected chi connectivity index (χ2v) is 7.00. The second kappa shape index (κ2) is 5.37. The van der Waals surface area contributed by atoms with Gasteiger partial charge in [-0.15, -0.1) is 11.3 Å². The fourth-order valence-electron chi connectivity index (χ4n) is 1.39. The maximum absolute atomic E-state index is 3.61. The zero-order chi connectivity index (χ0) is 11.5. The van der Waals surface area contributed by atoms with E-state index in [2.05, 4.69) is 50.7 Å². The van der Waals surface area contributed by atoms with Crippen LogP contribution in [0.2, 0.25) is 0 Å². The van der Waals surface area contributed by atoms with Crippen molar-refractivity contribution in [3.63, 3.8) is 0 Å². The Morgan fingerprint density at radius 1 is 1.53 bits per heavy atom. The topological polar surface area (TPSA) is 12.0 Å². The van der Waals surface area contributed by atoms with Gasteiger partial charge in [-0.1, -0.05) is 0 Å². The minimum absolute atomic E-state index is 0.319. The lowest BCUT2D eigenvalue weighted by molar-refractivity contribution is 0.526. The molecule has 0 saturated heterocycles. The predicted octanol–water partition coefficient (Wildman–Crippen LogP) is 3.85. The molecule has 3 heteroatoms. The first kappa shape index (κ1) is 13.1. The van der Waals surface area contributed by atoms with E-state index < -0.39 is 0 Å². The van der Waals surface area contributed by atoms with Gasteiger partial charge in [-0.3, -0.25) is 0 Å². The zero-order valence-electron chi connectivity index (χ0n) is 10.3. The quantitative estimate of drug-likeness (QED) is 0.843. The summed E-state index contributed by atoms with van der Waals surface area (Å²) in [6, 6.07) is 2.66.